The third-order valence-electron chi connectivity index (χ3n) is 4.71. The maximum atomic E-state index is 12.8. The second-order valence-corrected chi connectivity index (χ2v) is 6.49. The predicted octanol–water partition coefficient (Wildman–Crippen LogP) is 0.994. The highest BCUT2D eigenvalue weighted by atomic mass is 16.3. The van der Waals surface area contributed by atoms with Crippen LogP contribution in [0.5, 0.6) is 0 Å². The number of hydrogen-bond acceptors (Lipinski definition) is 5. The highest BCUT2D eigenvalue weighted by Gasteiger charge is 2.35. The number of para-hydroxylation sites is 1. The smallest absolute Gasteiger partial charge is 0.289 e. The summed E-state index contributed by atoms with van der Waals surface area (Å²) in [5, 5.41) is 10.8. The summed E-state index contributed by atoms with van der Waals surface area (Å²) in [6.45, 7) is 0.611. The molecule has 3 heterocycles. The zero-order valence-corrected chi connectivity index (χ0v) is 14.0. The molecular formula is C19H18N4O3. The Hall–Kier alpha value is -3.06. The zero-order valence-electron chi connectivity index (χ0n) is 14.0. The minimum atomic E-state index is -0.631. The van der Waals surface area contributed by atoms with Crippen LogP contribution in [0.4, 0.5) is 0 Å². The van der Waals surface area contributed by atoms with Gasteiger partial charge in [-0.15, -0.1) is 0 Å². The van der Waals surface area contributed by atoms with Gasteiger partial charge in [0.15, 0.2) is 5.82 Å². The van der Waals surface area contributed by atoms with Gasteiger partial charge >= 0.3 is 0 Å². The number of H-pyrrole nitrogens is 1. The summed E-state index contributed by atoms with van der Waals surface area (Å²) in [6, 6.07) is 12.5. The number of nitrogens with one attached hydrogen (secondary N) is 1. The monoisotopic (exact) mass is 350 g/mol. The number of likely N-dealkylation sites (tertiary alicyclic amines) is 1. The number of amides is 1. The molecule has 3 aromatic rings. The first-order valence-corrected chi connectivity index (χ1v) is 8.48. The van der Waals surface area contributed by atoms with E-state index in [2.05, 4.69) is 15.0 Å². The summed E-state index contributed by atoms with van der Waals surface area (Å²) in [6.07, 6.45) is 1.67. The Labute approximate surface area is 149 Å². The lowest BCUT2D eigenvalue weighted by Crippen LogP contribution is -2.32. The lowest BCUT2D eigenvalue weighted by atomic mass is 10.00. The minimum Gasteiger partial charge on any atom is -0.391 e. The number of aromatic amines is 1. The van der Waals surface area contributed by atoms with Crippen molar-refractivity contribution in [1.82, 2.24) is 19.9 Å². The van der Waals surface area contributed by atoms with E-state index >= 15 is 0 Å². The van der Waals surface area contributed by atoms with Crippen LogP contribution in [0.3, 0.4) is 0 Å². The van der Waals surface area contributed by atoms with Gasteiger partial charge in [0.1, 0.15) is 0 Å². The van der Waals surface area contributed by atoms with E-state index in [0.717, 1.165) is 5.69 Å². The van der Waals surface area contributed by atoms with E-state index in [1.807, 2.05) is 18.2 Å². The second-order valence-electron chi connectivity index (χ2n) is 6.49. The quantitative estimate of drug-likeness (QED) is 0.734. The van der Waals surface area contributed by atoms with Crippen LogP contribution in [0.25, 0.3) is 10.9 Å². The molecule has 0 aliphatic carbocycles. The van der Waals surface area contributed by atoms with Gasteiger partial charge in [0.05, 0.1) is 17.0 Å². The van der Waals surface area contributed by atoms with Gasteiger partial charge in [0.2, 0.25) is 0 Å². The number of β-amino-alcohol motifs (C(OH)–C–C–N with tert-alkyl or cyclic N) is 1. The third-order valence-corrected chi connectivity index (χ3v) is 4.71. The number of carbonyl (C=O) groups excluding carboxylic acids is 1. The molecule has 0 saturated carbocycles. The van der Waals surface area contributed by atoms with Crippen molar-refractivity contribution in [2.24, 2.45) is 5.92 Å². The number of nitrogens with zero attached hydrogens (tertiary/aromatic N) is 3. The van der Waals surface area contributed by atoms with Crippen molar-refractivity contribution in [2.45, 2.75) is 12.5 Å². The fraction of sp³-hybridized carbons (Fsp3) is 0.263. The number of benzene rings is 1. The fourth-order valence-electron chi connectivity index (χ4n) is 3.35. The highest BCUT2D eigenvalue weighted by molar-refractivity contribution is 5.92. The lowest BCUT2D eigenvalue weighted by molar-refractivity contribution is 0.0753. The van der Waals surface area contributed by atoms with Gasteiger partial charge in [0, 0.05) is 30.9 Å². The van der Waals surface area contributed by atoms with Gasteiger partial charge in [-0.3, -0.25) is 14.6 Å². The molecule has 2 unspecified atom stereocenters. The third kappa shape index (κ3) is 3.09. The summed E-state index contributed by atoms with van der Waals surface area (Å²) < 4.78 is 0. The average molecular weight is 350 g/mol. The van der Waals surface area contributed by atoms with E-state index in [-0.39, 0.29) is 29.8 Å². The van der Waals surface area contributed by atoms with Crippen LogP contribution in [0.1, 0.15) is 16.3 Å². The van der Waals surface area contributed by atoms with Crippen LogP contribution in [-0.4, -0.2) is 50.1 Å². The molecule has 0 radical (unpaired) electrons. The van der Waals surface area contributed by atoms with Crippen molar-refractivity contribution in [3.8, 4) is 0 Å². The number of rotatable bonds is 3. The number of hydrogen-bond donors (Lipinski definition) is 2. The van der Waals surface area contributed by atoms with Gasteiger partial charge in [-0.05, 0) is 30.7 Å². The van der Waals surface area contributed by atoms with Crippen LogP contribution in [0.15, 0.2) is 53.5 Å². The Morgan fingerprint density at radius 3 is 2.81 bits per heavy atom. The molecule has 1 aliphatic heterocycles. The standard InChI is InChI=1S/C19H18N4O3/c24-16-11-23(10-12(16)9-13-5-3-4-8-20-13)19(26)17-21-15-7-2-1-6-14(15)18(25)22-17/h1-8,12,16,24H,9-11H2,(H,21,22,25). The zero-order chi connectivity index (χ0) is 18.1. The molecule has 2 atom stereocenters. The Bertz CT molecular complexity index is 1000. The summed E-state index contributed by atoms with van der Waals surface area (Å²) in [4.78, 5) is 37.6. The number of aliphatic hydroxyl groups excluding tert-OH is 1. The van der Waals surface area contributed by atoms with Crippen LogP contribution in [0, 0.1) is 5.92 Å². The minimum absolute atomic E-state index is 0.000568. The van der Waals surface area contributed by atoms with Gasteiger partial charge in [-0.25, -0.2) is 4.98 Å². The number of aromatic nitrogens is 3. The fourth-order valence-corrected chi connectivity index (χ4v) is 3.35. The van der Waals surface area contributed by atoms with E-state index in [4.69, 9.17) is 0 Å². The summed E-state index contributed by atoms with van der Waals surface area (Å²) >= 11 is 0. The first-order chi connectivity index (χ1) is 12.6. The van der Waals surface area contributed by atoms with Gasteiger partial charge in [-0.2, -0.15) is 0 Å². The van der Waals surface area contributed by atoms with Gasteiger partial charge < -0.3 is 15.0 Å². The Balaban J connectivity index is 1.55. The highest BCUT2D eigenvalue weighted by Crippen LogP contribution is 2.22. The van der Waals surface area contributed by atoms with Gasteiger partial charge in [0.25, 0.3) is 11.5 Å². The van der Waals surface area contributed by atoms with Gasteiger partial charge in [-0.1, -0.05) is 18.2 Å². The Morgan fingerprint density at radius 1 is 1.19 bits per heavy atom. The topological polar surface area (TPSA) is 99.2 Å². The van der Waals surface area contributed by atoms with E-state index < -0.39 is 6.10 Å². The normalized spacial score (nSPS) is 19.8. The molecule has 1 fully saturated rings. The summed E-state index contributed by atoms with van der Waals surface area (Å²) in [5.41, 5.74) is 1.01. The maximum absolute atomic E-state index is 12.8. The molecule has 1 aromatic carbocycles. The lowest BCUT2D eigenvalue weighted by Gasteiger charge is -2.15. The van der Waals surface area contributed by atoms with Crippen LogP contribution >= 0.6 is 0 Å². The molecule has 7 heteroatoms. The van der Waals surface area contributed by atoms with Crippen molar-refractivity contribution >= 4 is 16.8 Å². The molecule has 2 N–H and O–H groups in total. The molecule has 4 rings (SSSR count). The van der Waals surface area contributed by atoms with Crippen molar-refractivity contribution in [3.05, 3.63) is 70.5 Å². The molecule has 1 saturated heterocycles. The second kappa shape index (κ2) is 6.68. The largest absolute Gasteiger partial charge is 0.391 e. The first-order valence-electron chi connectivity index (χ1n) is 8.48. The summed E-state index contributed by atoms with van der Waals surface area (Å²) in [5.74, 6) is -0.476. The Morgan fingerprint density at radius 2 is 2.00 bits per heavy atom. The summed E-state index contributed by atoms with van der Waals surface area (Å²) in [7, 11) is 0. The molecule has 7 nitrogen and oxygen atoms in total. The van der Waals surface area contributed by atoms with Crippen molar-refractivity contribution in [2.75, 3.05) is 13.1 Å². The van der Waals surface area contributed by atoms with E-state index in [1.165, 1.54) is 4.90 Å². The van der Waals surface area contributed by atoms with Crippen LogP contribution in [-0.2, 0) is 6.42 Å². The SMILES string of the molecule is O=C(c1nc2ccccc2c(=O)[nH]1)N1CC(O)C(Cc2ccccn2)C1. The number of aliphatic hydroxyl groups is 1. The predicted molar refractivity (Wildman–Crippen MR) is 95.7 cm³/mol. The van der Waals surface area contributed by atoms with Crippen LogP contribution < -0.4 is 5.56 Å². The number of pyridine rings is 1. The Kier molecular flexibility index (Phi) is 4.22. The molecule has 26 heavy (non-hydrogen) atoms. The number of fused-ring (bicyclic) bond motifs is 1. The molecule has 132 valence electrons. The van der Waals surface area contributed by atoms with E-state index in [1.54, 1.807) is 30.5 Å². The first kappa shape index (κ1) is 16.4. The van der Waals surface area contributed by atoms with E-state index in [0.29, 0.717) is 23.9 Å². The number of carbonyl (C=O) groups is 1. The van der Waals surface area contributed by atoms with Crippen molar-refractivity contribution < 1.29 is 9.90 Å². The van der Waals surface area contributed by atoms with Crippen molar-refractivity contribution in [1.29, 1.82) is 0 Å². The van der Waals surface area contributed by atoms with E-state index in [9.17, 15) is 14.7 Å². The molecule has 2 aromatic heterocycles. The molecular weight excluding hydrogens is 332 g/mol. The molecule has 0 spiro atoms. The molecule has 0 bridgehead atoms. The average Bonchev–Trinajstić information content (AvgIpc) is 3.02. The molecule has 1 amide bonds. The molecule has 1 aliphatic rings. The van der Waals surface area contributed by atoms with Crippen molar-refractivity contribution in [3.63, 3.8) is 0 Å². The van der Waals surface area contributed by atoms with Crippen LogP contribution in [0.2, 0.25) is 0 Å². The maximum Gasteiger partial charge on any atom is 0.289 e.